The molecule has 0 saturated heterocycles. The van der Waals surface area contributed by atoms with Crippen molar-refractivity contribution in [3.8, 4) is 39.1 Å². The third kappa shape index (κ3) is 7.86. The number of furan rings is 1. The van der Waals surface area contributed by atoms with E-state index in [1.54, 1.807) is 0 Å². The van der Waals surface area contributed by atoms with Gasteiger partial charge in [-0.25, -0.2) is 0 Å². The van der Waals surface area contributed by atoms with Crippen LogP contribution in [-0.4, -0.2) is 4.57 Å². The third-order valence-corrected chi connectivity index (χ3v) is 15.5. The van der Waals surface area contributed by atoms with Crippen molar-refractivity contribution < 1.29 is 4.42 Å². The molecule has 15 rings (SSSR count). The van der Waals surface area contributed by atoms with E-state index >= 15 is 0 Å². The molecule has 13 aromatic carbocycles. The molecule has 0 radical (unpaired) electrons. The highest BCUT2D eigenvalue weighted by Crippen LogP contribution is 2.45. The van der Waals surface area contributed by atoms with Gasteiger partial charge in [-0.05, 0) is 164 Å². The SMILES string of the molecule is c1ccc(-c2cc(-c3ccccc3)cc(N(c3ccccc3)c3cccc(N(c4cccc(-c5ccc6c7ccccc7n(-c7ccc8ccc9ccccc9c8c7)c6c5)c4)c4ccc5oc6ccccc6c5c4)c3)c2)cc1. The lowest BCUT2D eigenvalue weighted by Gasteiger charge is -2.30. The molecule has 0 amide bonds. The Morgan fingerprint density at radius 2 is 0.744 bits per heavy atom. The van der Waals surface area contributed by atoms with Gasteiger partial charge < -0.3 is 18.8 Å². The highest BCUT2D eigenvalue weighted by Gasteiger charge is 2.22. The minimum atomic E-state index is 0.855. The molecular formula is C74H49N3O. The lowest BCUT2D eigenvalue weighted by Crippen LogP contribution is -2.13. The van der Waals surface area contributed by atoms with Crippen molar-refractivity contribution >= 4 is 99.4 Å². The summed E-state index contributed by atoms with van der Waals surface area (Å²) in [7, 11) is 0. The fourth-order valence-electron chi connectivity index (χ4n) is 11.8. The van der Waals surface area contributed by atoms with E-state index < -0.39 is 0 Å². The Morgan fingerprint density at radius 3 is 1.50 bits per heavy atom. The van der Waals surface area contributed by atoms with Crippen LogP contribution in [0.1, 0.15) is 0 Å². The first-order chi connectivity index (χ1) is 38.6. The van der Waals surface area contributed by atoms with Crippen molar-refractivity contribution in [1.82, 2.24) is 4.57 Å². The van der Waals surface area contributed by atoms with Gasteiger partial charge in [-0.1, -0.05) is 188 Å². The van der Waals surface area contributed by atoms with Crippen molar-refractivity contribution in [1.29, 1.82) is 0 Å². The van der Waals surface area contributed by atoms with Crippen LogP contribution in [0, 0.1) is 0 Å². The molecule has 78 heavy (non-hydrogen) atoms. The first-order valence-corrected chi connectivity index (χ1v) is 26.6. The summed E-state index contributed by atoms with van der Waals surface area (Å²) < 4.78 is 8.86. The van der Waals surface area contributed by atoms with Crippen LogP contribution in [0.5, 0.6) is 0 Å². The van der Waals surface area contributed by atoms with Crippen molar-refractivity contribution in [2.24, 2.45) is 0 Å². The second-order valence-corrected chi connectivity index (χ2v) is 20.1. The summed E-state index contributed by atoms with van der Waals surface area (Å²) >= 11 is 0. The molecule has 0 aliphatic carbocycles. The number of hydrogen-bond donors (Lipinski definition) is 0. The van der Waals surface area contributed by atoms with Gasteiger partial charge in [-0.15, -0.1) is 0 Å². The molecule has 4 heteroatoms. The van der Waals surface area contributed by atoms with E-state index in [-0.39, 0.29) is 0 Å². The molecule has 0 aliphatic rings. The predicted molar refractivity (Wildman–Crippen MR) is 329 cm³/mol. The summed E-state index contributed by atoms with van der Waals surface area (Å²) in [5, 5.41) is 9.57. The fraction of sp³-hybridized carbons (Fsp3) is 0. The average molecular weight is 996 g/mol. The fourth-order valence-corrected chi connectivity index (χ4v) is 11.8. The number of fused-ring (bicyclic) bond motifs is 9. The molecule has 0 spiro atoms. The summed E-state index contributed by atoms with van der Waals surface area (Å²) in [4.78, 5) is 4.78. The van der Waals surface area contributed by atoms with E-state index in [1.165, 1.54) is 37.8 Å². The molecule has 0 aliphatic heterocycles. The molecule has 0 unspecified atom stereocenters. The largest absolute Gasteiger partial charge is 0.456 e. The topological polar surface area (TPSA) is 24.6 Å². The maximum Gasteiger partial charge on any atom is 0.135 e. The van der Waals surface area contributed by atoms with Gasteiger partial charge in [-0.3, -0.25) is 0 Å². The number of benzene rings is 13. The zero-order chi connectivity index (χ0) is 51.5. The monoisotopic (exact) mass is 995 g/mol. The Hall–Kier alpha value is -10.4. The first-order valence-electron chi connectivity index (χ1n) is 26.6. The summed E-state index contributed by atoms with van der Waals surface area (Å²) in [5.74, 6) is 0. The number of hydrogen-bond acceptors (Lipinski definition) is 3. The summed E-state index contributed by atoms with van der Waals surface area (Å²) in [6, 6.07) is 108. The highest BCUT2D eigenvalue weighted by molar-refractivity contribution is 6.12. The molecule has 0 atom stereocenters. The van der Waals surface area contributed by atoms with Gasteiger partial charge in [-0.2, -0.15) is 0 Å². The van der Waals surface area contributed by atoms with Crippen LogP contribution in [-0.2, 0) is 0 Å². The standard InChI is InChI=1S/C74H49N3O/c1-4-18-50(19-5-1)56-42-57(51-20-6-2-7-21-51)45-64(44-56)75(58-24-8-3-9-25-58)60-27-17-28-61(47-60)76(62-39-41-74-70(49-62)68-31-13-15-33-73(68)78-74)59-26-16-23-54(43-59)55-37-40-67-66-30-12-14-32-71(66)77(72(67)46-55)63-38-36-53-35-34-52-22-10-11-29-65(52)69(53)48-63/h1-49H. The van der Waals surface area contributed by atoms with Crippen LogP contribution >= 0.6 is 0 Å². The van der Waals surface area contributed by atoms with Crippen LogP contribution in [0.25, 0.3) is 104 Å². The number of nitrogens with zero attached hydrogens (tertiary/aromatic N) is 3. The van der Waals surface area contributed by atoms with E-state index in [2.05, 4.69) is 299 Å². The number of rotatable bonds is 10. The van der Waals surface area contributed by atoms with Crippen LogP contribution in [0.2, 0.25) is 0 Å². The van der Waals surface area contributed by atoms with E-state index in [9.17, 15) is 0 Å². The van der Waals surface area contributed by atoms with Gasteiger partial charge >= 0.3 is 0 Å². The van der Waals surface area contributed by atoms with Gasteiger partial charge in [0.2, 0.25) is 0 Å². The van der Waals surface area contributed by atoms with Crippen LogP contribution in [0.3, 0.4) is 0 Å². The maximum atomic E-state index is 6.42. The Kier molecular flexibility index (Phi) is 10.8. The number of aromatic nitrogens is 1. The van der Waals surface area contributed by atoms with Crippen LogP contribution in [0.15, 0.2) is 302 Å². The minimum Gasteiger partial charge on any atom is -0.456 e. The Balaban J connectivity index is 0.903. The molecule has 0 saturated carbocycles. The molecule has 2 aromatic heterocycles. The van der Waals surface area contributed by atoms with Gasteiger partial charge in [0.25, 0.3) is 0 Å². The zero-order valence-corrected chi connectivity index (χ0v) is 42.5. The molecule has 0 N–H and O–H groups in total. The maximum absolute atomic E-state index is 6.42. The summed E-state index contributed by atoms with van der Waals surface area (Å²) in [6.07, 6.45) is 0. The van der Waals surface area contributed by atoms with Crippen LogP contribution in [0.4, 0.5) is 34.1 Å². The second-order valence-electron chi connectivity index (χ2n) is 20.1. The lowest BCUT2D eigenvalue weighted by atomic mass is 9.97. The van der Waals surface area contributed by atoms with Crippen molar-refractivity contribution in [2.75, 3.05) is 9.80 Å². The summed E-state index contributed by atoms with van der Waals surface area (Å²) in [5.41, 5.74) is 18.3. The molecule has 0 bridgehead atoms. The molecule has 0 fully saturated rings. The van der Waals surface area contributed by atoms with Crippen LogP contribution < -0.4 is 9.80 Å². The van der Waals surface area contributed by atoms with Crippen molar-refractivity contribution in [3.63, 3.8) is 0 Å². The minimum absolute atomic E-state index is 0.855. The van der Waals surface area contributed by atoms with E-state index in [4.69, 9.17) is 4.42 Å². The average Bonchev–Trinajstić information content (AvgIpc) is 4.19. The van der Waals surface area contributed by atoms with Gasteiger partial charge in [0.15, 0.2) is 0 Å². The normalized spacial score (nSPS) is 11.6. The van der Waals surface area contributed by atoms with Crippen molar-refractivity contribution in [2.45, 2.75) is 0 Å². The van der Waals surface area contributed by atoms with E-state index in [0.29, 0.717) is 0 Å². The zero-order valence-electron chi connectivity index (χ0n) is 42.5. The Morgan fingerprint density at radius 1 is 0.231 bits per heavy atom. The smallest absolute Gasteiger partial charge is 0.135 e. The van der Waals surface area contributed by atoms with Gasteiger partial charge in [0.1, 0.15) is 11.2 Å². The molecule has 366 valence electrons. The predicted octanol–water partition coefficient (Wildman–Crippen LogP) is 20.9. The molecular weight excluding hydrogens is 947 g/mol. The Bertz CT molecular complexity index is 4690. The van der Waals surface area contributed by atoms with E-state index in [1.807, 2.05) is 12.1 Å². The van der Waals surface area contributed by atoms with Gasteiger partial charge in [0.05, 0.1) is 11.0 Å². The van der Waals surface area contributed by atoms with Gasteiger partial charge in [0, 0.05) is 61.4 Å². The third-order valence-electron chi connectivity index (χ3n) is 15.5. The lowest BCUT2D eigenvalue weighted by molar-refractivity contribution is 0.669. The number of para-hydroxylation sites is 3. The van der Waals surface area contributed by atoms with E-state index in [0.717, 1.165) is 101 Å². The molecule has 2 heterocycles. The molecule has 4 nitrogen and oxygen atoms in total. The number of anilines is 6. The van der Waals surface area contributed by atoms with Crippen molar-refractivity contribution in [3.05, 3.63) is 297 Å². The Labute approximate surface area is 452 Å². The summed E-state index contributed by atoms with van der Waals surface area (Å²) in [6.45, 7) is 0. The highest BCUT2D eigenvalue weighted by atomic mass is 16.3. The first kappa shape index (κ1) is 45.0. The molecule has 15 aromatic rings. The quantitative estimate of drug-likeness (QED) is 0.128. The second kappa shape index (κ2) is 18.7.